The van der Waals surface area contributed by atoms with Crippen molar-refractivity contribution in [2.45, 2.75) is 19.8 Å². The average molecular weight is 441 g/mol. The van der Waals surface area contributed by atoms with E-state index in [1.165, 1.54) is 14.2 Å². The smallest absolute Gasteiger partial charge is 0.251 e. The van der Waals surface area contributed by atoms with Gasteiger partial charge in [0.05, 0.1) is 26.7 Å². The summed E-state index contributed by atoms with van der Waals surface area (Å²) in [5.41, 5.74) is 1.37. The molecule has 1 aromatic carbocycles. The number of amides is 3. The number of benzene rings is 1. The Balaban J connectivity index is 1.53. The predicted octanol–water partition coefficient (Wildman–Crippen LogP) is 2.01. The molecule has 9 heteroatoms. The van der Waals surface area contributed by atoms with Gasteiger partial charge in [0.15, 0.2) is 11.5 Å². The molecule has 2 N–H and O–H groups in total. The minimum atomic E-state index is -0.393. The maximum Gasteiger partial charge on any atom is 0.251 e. The number of ether oxygens (including phenoxy) is 2. The Morgan fingerprint density at radius 1 is 1.12 bits per heavy atom. The first-order valence-corrected chi connectivity index (χ1v) is 10.4. The number of hydrogen-bond donors (Lipinski definition) is 2. The molecule has 2 heterocycles. The number of hydrogen-bond acceptors (Lipinski definition) is 6. The van der Waals surface area contributed by atoms with Crippen LogP contribution in [0, 0.1) is 12.8 Å². The molecule has 0 radical (unpaired) electrons. The summed E-state index contributed by atoms with van der Waals surface area (Å²) in [5, 5.41) is 5.45. The Morgan fingerprint density at radius 2 is 1.91 bits per heavy atom. The number of carbonyl (C=O) groups excluding carboxylic acids is 3. The van der Waals surface area contributed by atoms with Crippen LogP contribution >= 0.6 is 0 Å². The number of piperidine rings is 1. The summed E-state index contributed by atoms with van der Waals surface area (Å²) in [7, 11) is 3.00. The quantitative estimate of drug-likeness (QED) is 0.682. The lowest BCUT2D eigenvalue weighted by molar-refractivity contribution is -0.133. The standard InChI is InChI=1S/C23H28N4O5/c1-15-6-9-20(24-12-15)26-23(30)17-5-4-10-27(14-17)21(28)13-25-22(29)16-7-8-18(31-2)19(11-16)32-3/h6-9,11-12,17H,4-5,10,13-14H2,1-3H3,(H,25,29)(H,24,26,30). The largest absolute Gasteiger partial charge is 0.493 e. The van der Waals surface area contributed by atoms with Crippen LogP contribution in [-0.2, 0) is 9.59 Å². The van der Waals surface area contributed by atoms with Crippen LogP contribution in [0.2, 0.25) is 0 Å². The molecule has 0 aliphatic carbocycles. The van der Waals surface area contributed by atoms with E-state index in [0.29, 0.717) is 42.4 Å². The lowest BCUT2D eigenvalue weighted by Gasteiger charge is -2.32. The minimum Gasteiger partial charge on any atom is -0.493 e. The van der Waals surface area contributed by atoms with E-state index in [4.69, 9.17) is 9.47 Å². The highest BCUT2D eigenvalue weighted by Crippen LogP contribution is 2.27. The van der Waals surface area contributed by atoms with Gasteiger partial charge in [-0.25, -0.2) is 4.98 Å². The van der Waals surface area contributed by atoms with E-state index in [1.54, 1.807) is 35.4 Å². The van der Waals surface area contributed by atoms with E-state index in [2.05, 4.69) is 15.6 Å². The Kier molecular flexibility index (Phi) is 7.64. The number of pyridine rings is 1. The summed E-state index contributed by atoms with van der Waals surface area (Å²) in [6.45, 7) is 2.63. The van der Waals surface area contributed by atoms with Crippen molar-refractivity contribution in [1.29, 1.82) is 0 Å². The van der Waals surface area contributed by atoms with Gasteiger partial charge in [-0.1, -0.05) is 6.07 Å². The fraction of sp³-hybridized carbons (Fsp3) is 0.391. The van der Waals surface area contributed by atoms with Gasteiger partial charge in [0.25, 0.3) is 5.91 Å². The summed E-state index contributed by atoms with van der Waals surface area (Å²) >= 11 is 0. The van der Waals surface area contributed by atoms with Crippen molar-refractivity contribution in [3.63, 3.8) is 0 Å². The van der Waals surface area contributed by atoms with E-state index in [0.717, 1.165) is 12.0 Å². The Morgan fingerprint density at radius 3 is 2.59 bits per heavy atom. The van der Waals surface area contributed by atoms with Crippen LogP contribution in [0.25, 0.3) is 0 Å². The van der Waals surface area contributed by atoms with Crippen LogP contribution in [0.5, 0.6) is 11.5 Å². The molecular weight excluding hydrogens is 412 g/mol. The summed E-state index contributed by atoms with van der Waals surface area (Å²) in [6, 6.07) is 8.41. The first-order chi connectivity index (χ1) is 15.4. The first kappa shape index (κ1) is 23.1. The number of methoxy groups -OCH3 is 2. The Bertz CT molecular complexity index is 977. The maximum absolute atomic E-state index is 12.6. The summed E-state index contributed by atoms with van der Waals surface area (Å²) < 4.78 is 10.4. The number of likely N-dealkylation sites (tertiary alicyclic amines) is 1. The van der Waals surface area contributed by atoms with Gasteiger partial charge in [0.1, 0.15) is 5.82 Å². The average Bonchev–Trinajstić information content (AvgIpc) is 2.83. The zero-order valence-electron chi connectivity index (χ0n) is 18.5. The summed E-state index contributed by atoms with van der Waals surface area (Å²) in [6.07, 6.45) is 3.10. The van der Waals surface area contributed by atoms with Crippen molar-refractivity contribution in [1.82, 2.24) is 15.2 Å². The first-order valence-electron chi connectivity index (χ1n) is 10.4. The molecule has 3 rings (SSSR count). The van der Waals surface area contributed by atoms with Crippen molar-refractivity contribution in [2.24, 2.45) is 5.92 Å². The molecule has 1 aliphatic heterocycles. The van der Waals surface area contributed by atoms with Crippen LogP contribution in [-0.4, -0.2) is 61.5 Å². The fourth-order valence-electron chi connectivity index (χ4n) is 3.53. The van der Waals surface area contributed by atoms with Crippen LogP contribution in [0.1, 0.15) is 28.8 Å². The highest BCUT2D eigenvalue weighted by atomic mass is 16.5. The summed E-state index contributed by atoms with van der Waals surface area (Å²) in [5.74, 6) is 0.329. The molecule has 0 saturated carbocycles. The van der Waals surface area contributed by atoms with Gasteiger partial charge in [-0.2, -0.15) is 0 Å². The van der Waals surface area contributed by atoms with E-state index >= 15 is 0 Å². The van der Waals surface area contributed by atoms with E-state index in [1.807, 2.05) is 13.0 Å². The highest BCUT2D eigenvalue weighted by Gasteiger charge is 2.28. The second-order valence-corrected chi connectivity index (χ2v) is 7.64. The van der Waals surface area contributed by atoms with E-state index in [9.17, 15) is 14.4 Å². The van der Waals surface area contributed by atoms with Gasteiger partial charge in [-0.15, -0.1) is 0 Å². The Hall–Kier alpha value is -3.62. The third-order valence-corrected chi connectivity index (χ3v) is 5.35. The van der Waals surface area contributed by atoms with Gasteiger partial charge in [-0.3, -0.25) is 14.4 Å². The van der Waals surface area contributed by atoms with Gasteiger partial charge in [-0.05, 0) is 49.6 Å². The lowest BCUT2D eigenvalue weighted by atomic mass is 9.97. The number of carbonyl (C=O) groups is 3. The molecule has 170 valence electrons. The molecule has 3 amide bonds. The van der Waals surface area contributed by atoms with E-state index in [-0.39, 0.29) is 24.3 Å². The zero-order valence-corrected chi connectivity index (χ0v) is 18.5. The van der Waals surface area contributed by atoms with Crippen LogP contribution in [0.3, 0.4) is 0 Å². The van der Waals surface area contributed by atoms with Crippen LogP contribution in [0.15, 0.2) is 36.5 Å². The van der Waals surface area contributed by atoms with Crippen molar-refractivity contribution < 1.29 is 23.9 Å². The molecular formula is C23H28N4O5. The fourth-order valence-corrected chi connectivity index (χ4v) is 3.53. The third kappa shape index (κ3) is 5.75. The summed E-state index contributed by atoms with van der Waals surface area (Å²) in [4.78, 5) is 43.5. The zero-order chi connectivity index (χ0) is 23.1. The molecule has 1 saturated heterocycles. The van der Waals surface area contributed by atoms with Gasteiger partial charge in [0, 0.05) is 24.8 Å². The second kappa shape index (κ2) is 10.6. The molecule has 1 atom stereocenters. The number of nitrogens with zero attached hydrogens (tertiary/aromatic N) is 2. The molecule has 1 fully saturated rings. The minimum absolute atomic E-state index is 0.152. The number of aromatic nitrogens is 1. The molecule has 1 aromatic heterocycles. The Labute approximate surface area is 187 Å². The third-order valence-electron chi connectivity index (χ3n) is 5.35. The molecule has 0 spiro atoms. The maximum atomic E-state index is 12.6. The molecule has 32 heavy (non-hydrogen) atoms. The molecule has 0 bridgehead atoms. The van der Waals surface area contributed by atoms with Gasteiger partial charge >= 0.3 is 0 Å². The molecule has 1 unspecified atom stereocenters. The second-order valence-electron chi connectivity index (χ2n) is 7.64. The number of anilines is 1. The number of nitrogens with one attached hydrogen (secondary N) is 2. The topological polar surface area (TPSA) is 110 Å². The van der Waals surface area contributed by atoms with Gasteiger partial charge in [0.2, 0.25) is 11.8 Å². The van der Waals surface area contributed by atoms with Crippen molar-refractivity contribution in [3.8, 4) is 11.5 Å². The predicted molar refractivity (Wildman–Crippen MR) is 119 cm³/mol. The van der Waals surface area contributed by atoms with Crippen molar-refractivity contribution in [3.05, 3.63) is 47.7 Å². The molecule has 1 aliphatic rings. The monoisotopic (exact) mass is 440 g/mol. The molecule has 2 aromatic rings. The van der Waals surface area contributed by atoms with Crippen molar-refractivity contribution >= 4 is 23.5 Å². The molecule has 9 nitrogen and oxygen atoms in total. The van der Waals surface area contributed by atoms with Crippen LogP contribution < -0.4 is 20.1 Å². The van der Waals surface area contributed by atoms with Gasteiger partial charge < -0.3 is 25.0 Å². The highest BCUT2D eigenvalue weighted by molar-refractivity contribution is 5.97. The number of aryl methyl sites for hydroxylation is 1. The van der Waals surface area contributed by atoms with E-state index < -0.39 is 5.91 Å². The van der Waals surface area contributed by atoms with Crippen molar-refractivity contribution in [2.75, 3.05) is 39.2 Å². The number of rotatable bonds is 7. The SMILES string of the molecule is COc1ccc(C(=O)NCC(=O)N2CCCC(C(=O)Nc3ccc(C)cn3)C2)cc1OC. The lowest BCUT2D eigenvalue weighted by Crippen LogP contribution is -2.47. The van der Waals surface area contributed by atoms with Crippen LogP contribution in [0.4, 0.5) is 5.82 Å². The normalized spacial score (nSPS) is 15.6.